The molecule has 0 unspecified atom stereocenters. The third kappa shape index (κ3) is 2.57. The quantitative estimate of drug-likeness (QED) is 0.715. The van der Waals surface area contributed by atoms with Crippen LogP contribution in [0.25, 0.3) is 28.5 Å². The van der Waals surface area contributed by atoms with E-state index in [-0.39, 0.29) is 5.75 Å². The van der Waals surface area contributed by atoms with E-state index in [1.54, 1.807) is 12.1 Å². The molecule has 1 aromatic carbocycles. The number of H-pyrrole nitrogens is 1. The zero-order valence-corrected chi connectivity index (χ0v) is 13.8. The first-order valence-corrected chi connectivity index (χ1v) is 7.60. The second-order valence-electron chi connectivity index (χ2n) is 5.66. The minimum Gasteiger partial charge on any atom is -0.508 e. The summed E-state index contributed by atoms with van der Waals surface area (Å²) in [4.78, 5) is 3.48. The van der Waals surface area contributed by atoms with Gasteiger partial charge < -0.3 is 14.6 Å². The molecule has 2 aromatic heterocycles. The van der Waals surface area contributed by atoms with E-state index in [1.165, 1.54) is 0 Å². The molecule has 0 spiro atoms. The van der Waals surface area contributed by atoms with E-state index in [0.29, 0.717) is 0 Å². The van der Waals surface area contributed by atoms with Gasteiger partial charge in [-0.05, 0) is 45.4 Å². The molecule has 0 saturated carbocycles. The lowest BCUT2D eigenvalue weighted by Crippen LogP contribution is -1.87. The van der Waals surface area contributed by atoms with Crippen LogP contribution in [0.2, 0.25) is 0 Å². The van der Waals surface area contributed by atoms with Gasteiger partial charge in [0.1, 0.15) is 11.5 Å². The number of aromatic nitrogens is 2. The fourth-order valence-electron chi connectivity index (χ4n) is 2.97. The summed E-state index contributed by atoms with van der Waals surface area (Å²) in [6.45, 7) is 7.92. The van der Waals surface area contributed by atoms with Gasteiger partial charge in [-0.1, -0.05) is 29.4 Å². The lowest BCUT2D eigenvalue weighted by molar-refractivity contribution is 0.393. The third-order valence-electron chi connectivity index (χ3n) is 4.01. The predicted molar refractivity (Wildman–Crippen MR) is 92.3 cm³/mol. The monoisotopic (exact) mass is 308 g/mol. The van der Waals surface area contributed by atoms with E-state index in [1.807, 2.05) is 39.0 Å². The lowest BCUT2D eigenvalue weighted by Gasteiger charge is -2.07. The molecule has 2 heterocycles. The van der Waals surface area contributed by atoms with Gasteiger partial charge in [-0.2, -0.15) is 0 Å². The molecule has 4 nitrogen and oxygen atoms in total. The highest BCUT2D eigenvalue weighted by atomic mass is 16.5. The van der Waals surface area contributed by atoms with E-state index >= 15 is 0 Å². The van der Waals surface area contributed by atoms with Crippen molar-refractivity contribution in [1.29, 1.82) is 0 Å². The van der Waals surface area contributed by atoms with Crippen LogP contribution in [0.15, 0.2) is 34.9 Å². The maximum Gasteiger partial charge on any atom is 0.143 e. The minimum absolute atomic E-state index is 0.257. The van der Waals surface area contributed by atoms with Crippen LogP contribution in [0.1, 0.15) is 29.6 Å². The molecule has 3 rings (SSSR count). The molecular formula is C19H20N2O2. The largest absolute Gasteiger partial charge is 0.508 e. The van der Waals surface area contributed by atoms with Crippen LogP contribution in [0, 0.1) is 20.8 Å². The van der Waals surface area contributed by atoms with Crippen molar-refractivity contribution in [3.8, 4) is 28.1 Å². The molecule has 0 bridgehead atoms. The Kier molecular flexibility index (Phi) is 3.82. The van der Waals surface area contributed by atoms with Gasteiger partial charge in [0, 0.05) is 16.8 Å². The normalized spacial score (nSPS) is 11.5. The number of phenols is 1. The Balaban J connectivity index is 2.33. The summed E-state index contributed by atoms with van der Waals surface area (Å²) in [6, 6.07) is 7.25. The molecule has 118 valence electrons. The van der Waals surface area contributed by atoms with Gasteiger partial charge >= 0.3 is 0 Å². The van der Waals surface area contributed by atoms with Crippen molar-refractivity contribution in [1.82, 2.24) is 10.1 Å². The molecule has 0 fully saturated rings. The van der Waals surface area contributed by atoms with Gasteiger partial charge in [-0.3, -0.25) is 0 Å². The summed E-state index contributed by atoms with van der Waals surface area (Å²) in [7, 11) is 0. The van der Waals surface area contributed by atoms with Crippen molar-refractivity contribution in [2.45, 2.75) is 27.7 Å². The Morgan fingerprint density at radius 2 is 1.78 bits per heavy atom. The Bertz CT molecular complexity index is 848. The second-order valence-corrected chi connectivity index (χ2v) is 5.66. The number of hydrogen-bond donors (Lipinski definition) is 2. The number of benzene rings is 1. The number of aryl methyl sites for hydroxylation is 3. The average molecular weight is 308 g/mol. The van der Waals surface area contributed by atoms with Crippen molar-refractivity contribution in [2.75, 3.05) is 0 Å². The molecule has 0 aliphatic heterocycles. The first-order valence-electron chi connectivity index (χ1n) is 7.60. The summed E-state index contributed by atoms with van der Waals surface area (Å²) in [6.07, 6.45) is 4.12. The van der Waals surface area contributed by atoms with Gasteiger partial charge in [-0.25, -0.2) is 0 Å². The maximum atomic E-state index is 9.58. The van der Waals surface area contributed by atoms with Gasteiger partial charge in [0.25, 0.3) is 0 Å². The zero-order valence-electron chi connectivity index (χ0n) is 13.8. The number of phenolic OH excluding ortho intramolecular Hbond substituents is 1. The number of hydrogen-bond acceptors (Lipinski definition) is 3. The summed E-state index contributed by atoms with van der Waals surface area (Å²) in [5, 5.41) is 13.6. The molecule has 2 N–H and O–H groups in total. The van der Waals surface area contributed by atoms with Gasteiger partial charge in [0.2, 0.25) is 0 Å². The van der Waals surface area contributed by atoms with Crippen LogP contribution in [-0.4, -0.2) is 15.2 Å². The summed E-state index contributed by atoms with van der Waals surface area (Å²) in [5.74, 6) is 1.04. The fraction of sp³-hybridized carbons (Fsp3) is 0.211. The van der Waals surface area contributed by atoms with E-state index in [9.17, 15) is 5.11 Å². The first kappa shape index (κ1) is 15.2. The highest BCUT2D eigenvalue weighted by molar-refractivity contribution is 5.90. The van der Waals surface area contributed by atoms with Gasteiger partial charge in [0.15, 0.2) is 0 Å². The van der Waals surface area contributed by atoms with Crippen molar-refractivity contribution >= 4 is 6.08 Å². The fourth-order valence-corrected chi connectivity index (χ4v) is 2.97. The highest BCUT2D eigenvalue weighted by Gasteiger charge is 2.21. The number of allylic oxidation sites excluding steroid dienone is 1. The van der Waals surface area contributed by atoms with Crippen LogP contribution in [0.5, 0.6) is 5.75 Å². The van der Waals surface area contributed by atoms with Gasteiger partial charge in [0.05, 0.1) is 17.0 Å². The third-order valence-corrected chi connectivity index (χ3v) is 4.01. The molecule has 0 atom stereocenters. The molecule has 23 heavy (non-hydrogen) atoms. The zero-order chi connectivity index (χ0) is 16.6. The number of aromatic hydroxyl groups is 1. The summed E-state index contributed by atoms with van der Waals surface area (Å²) < 4.78 is 5.34. The Hall–Kier alpha value is -2.75. The molecule has 0 aliphatic rings. The molecule has 0 amide bonds. The molecule has 3 aromatic rings. The van der Waals surface area contributed by atoms with Gasteiger partial charge in [-0.15, -0.1) is 0 Å². The first-order chi connectivity index (χ1) is 11.0. The van der Waals surface area contributed by atoms with Crippen LogP contribution < -0.4 is 0 Å². The van der Waals surface area contributed by atoms with Crippen molar-refractivity contribution in [3.05, 3.63) is 53.1 Å². The maximum absolute atomic E-state index is 9.58. The molecule has 4 heteroatoms. The van der Waals surface area contributed by atoms with Crippen molar-refractivity contribution < 1.29 is 9.63 Å². The standard InChI is InChI=1S/C19H20N2O2/c1-5-6-16-11(2)20-19(17-12(3)21-23-13(17)4)18(16)14-7-9-15(22)10-8-14/h5-10,20,22H,1-4H3. The van der Waals surface area contributed by atoms with E-state index in [4.69, 9.17) is 4.52 Å². The molecular weight excluding hydrogens is 288 g/mol. The number of aromatic amines is 1. The molecule has 0 saturated heterocycles. The Morgan fingerprint density at radius 1 is 1.09 bits per heavy atom. The number of rotatable bonds is 3. The smallest absolute Gasteiger partial charge is 0.143 e. The Morgan fingerprint density at radius 3 is 2.35 bits per heavy atom. The van der Waals surface area contributed by atoms with Crippen LogP contribution in [0.4, 0.5) is 0 Å². The van der Waals surface area contributed by atoms with Crippen molar-refractivity contribution in [3.63, 3.8) is 0 Å². The SMILES string of the molecule is CC=Cc1c(C)[nH]c(-c2c(C)noc2C)c1-c1ccc(O)cc1. The van der Waals surface area contributed by atoms with Crippen LogP contribution >= 0.6 is 0 Å². The summed E-state index contributed by atoms with van der Waals surface area (Å²) >= 11 is 0. The Labute approximate surface area is 135 Å². The molecule has 0 radical (unpaired) electrons. The van der Waals surface area contributed by atoms with E-state index in [0.717, 1.165) is 45.1 Å². The topological polar surface area (TPSA) is 62.0 Å². The van der Waals surface area contributed by atoms with E-state index in [2.05, 4.69) is 23.1 Å². The van der Waals surface area contributed by atoms with E-state index < -0.39 is 0 Å². The van der Waals surface area contributed by atoms with Crippen LogP contribution in [0.3, 0.4) is 0 Å². The predicted octanol–water partition coefficient (Wildman–Crippen LogP) is 5.00. The van der Waals surface area contributed by atoms with Crippen molar-refractivity contribution in [2.24, 2.45) is 0 Å². The lowest BCUT2D eigenvalue weighted by atomic mass is 9.96. The van der Waals surface area contributed by atoms with Crippen LogP contribution in [-0.2, 0) is 0 Å². The highest BCUT2D eigenvalue weighted by Crippen LogP contribution is 2.40. The number of nitrogens with zero attached hydrogens (tertiary/aromatic N) is 1. The minimum atomic E-state index is 0.257. The summed E-state index contributed by atoms with van der Waals surface area (Å²) in [5.41, 5.74) is 7.19. The average Bonchev–Trinajstić information content (AvgIpc) is 3.01. The number of nitrogens with one attached hydrogen (secondary N) is 1. The molecule has 0 aliphatic carbocycles. The second kappa shape index (κ2) is 5.80.